The number of hydrogen-bond donors (Lipinski definition) is 1. The first-order valence-electron chi connectivity index (χ1n) is 5.19. The average Bonchev–Trinajstić information content (AvgIpc) is 2.34. The second-order valence-corrected chi connectivity index (χ2v) is 4.52. The average molecular weight is 296 g/mol. The third-order valence-electron chi connectivity index (χ3n) is 2.49. The molecule has 1 aromatic heterocycles. The van der Waals surface area contributed by atoms with Crippen molar-refractivity contribution < 1.29 is 9.50 Å². The van der Waals surface area contributed by atoms with Crippen LogP contribution in [0.25, 0.3) is 0 Å². The molecule has 0 aliphatic rings. The summed E-state index contributed by atoms with van der Waals surface area (Å²) in [5.41, 5.74) is 1.46. The number of aliphatic hydroxyl groups excluding tert-OH is 1. The molecule has 88 valence electrons. The normalized spacial score (nSPS) is 12.4. The number of hydrogen-bond acceptors (Lipinski definition) is 2. The summed E-state index contributed by atoms with van der Waals surface area (Å²) in [6, 6.07) is 8.33. The summed E-state index contributed by atoms with van der Waals surface area (Å²) in [4.78, 5) is 3.97. The van der Waals surface area contributed by atoms with Crippen molar-refractivity contribution in [1.82, 2.24) is 4.98 Å². The van der Waals surface area contributed by atoms with Gasteiger partial charge in [-0.2, -0.15) is 0 Å². The minimum Gasteiger partial charge on any atom is -0.388 e. The van der Waals surface area contributed by atoms with Gasteiger partial charge in [0.25, 0.3) is 0 Å². The summed E-state index contributed by atoms with van der Waals surface area (Å²) in [5, 5.41) is 10.1. The lowest BCUT2D eigenvalue weighted by atomic mass is 10.0. The number of pyridine rings is 1. The van der Waals surface area contributed by atoms with Crippen LogP contribution >= 0.6 is 15.9 Å². The standard InChI is InChI=1S/C13H11BrFNO/c14-13-10(4-1-5-11(13)15)12(17)7-9-3-2-6-16-8-9/h1-6,8,12,17H,7H2. The van der Waals surface area contributed by atoms with Crippen molar-refractivity contribution >= 4 is 15.9 Å². The molecule has 0 aliphatic carbocycles. The van der Waals surface area contributed by atoms with Gasteiger partial charge < -0.3 is 5.11 Å². The Morgan fingerprint density at radius 3 is 2.82 bits per heavy atom. The summed E-state index contributed by atoms with van der Waals surface area (Å²) >= 11 is 3.14. The first kappa shape index (κ1) is 12.2. The van der Waals surface area contributed by atoms with Crippen molar-refractivity contribution in [3.8, 4) is 0 Å². The molecule has 0 amide bonds. The molecule has 1 atom stereocenters. The smallest absolute Gasteiger partial charge is 0.137 e. The summed E-state index contributed by atoms with van der Waals surface area (Å²) in [7, 11) is 0. The van der Waals surface area contributed by atoms with E-state index in [4.69, 9.17) is 0 Å². The lowest BCUT2D eigenvalue weighted by molar-refractivity contribution is 0.177. The quantitative estimate of drug-likeness (QED) is 0.943. The maximum atomic E-state index is 13.3. The second-order valence-electron chi connectivity index (χ2n) is 3.72. The van der Waals surface area contributed by atoms with E-state index in [1.54, 1.807) is 24.5 Å². The highest BCUT2D eigenvalue weighted by Crippen LogP contribution is 2.27. The predicted octanol–water partition coefficient (Wildman–Crippen LogP) is 3.26. The van der Waals surface area contributed by atoms with Gasteiger partial charge in [0.05, 0.1) is 10.6 Å². The predicted molar refractivity (Wildman–Crippen MR) is 67.0 cm³/mol. The fourth-order valence-electron chi connectivity index (χ4n) is 1.63. The zero-order valence-electron chi connectivity index (χ0n) is 8.98. The Bertz CT molecular complexity index is 504. The largest absolute Gasteiger partial charge is 0.388 e. The minimum absolute atomic E-state index is 0.316. The lowest BCUT2D eigenvalue weighted by Crippen LogP contribution is -2.03. The Hall–Kier alpha value is -1.26. The summed E-state index contributed by atoms with van der Waals surface area (Å²) in [5.74, 6) is -0.368. The highest BCUT2D eigenvalue weighted by Gasteiger charge is 2.14. The van der Waals surface area contributed by atoms with Gasteiger partial charge in [-0.1, -0.05) is 18.2 Å². The molecule has 1 heterocycles. The highest BCUT2D eigenvalue weighted by atomic mass is 79.9. The topological polar surface area (TPSA) is 33.1 Å². The van der Waals surface area contributed by atoms with Gasteiger partial charge in [0, 0.05) is 18.8 Å². The number of aliphatic hydroxyl groups is 1. The molecule has 0 radical (unpaired) electrons. The number of benzene rings is 1. The van der Waals surface area contributed by atoms with Gasteiger partial charge in [0.1, 0.15) is 5.82 Å². The van der Waals surface area contributed by atoms with E-state index in [0.717, 1.165) is 5.56 Å². The van der Waals surface area contributed by atoms with Crippen molar-refractivity contribution in [3.63, 3.8) is 0 Å². The van der Waals surface area contributed by atoms with Gasteiger partial charge in [0.2, 0.25) is 0 Å². The third-order valence-corrected chi connectivity index (χ3v) is 3.33. The van der Waals surface area contributed by atoms with Crippen LogP contribution < -0.4 is 0 Å². The number of aromatic nitrogens is 1. The van der Waals surface area contributed by atoms with Gasteiger partial charge in [-0.05, 0) is 39.2 Å². The molecule has 2 aromatic rings. The van der Waals surface area contributed by atoms with Crippen molar-refractivity contribution in [2.45, 2.75) is 12.5 Å². The van der Waals surface area contributed by atoms with Crippen molar-refractivity contribution in [2.75, 3.05) is 0 Å². The van der Waals surface area contributed by atoms with Gasteiger partial charge in [-0.25, -0.2) is 4.39 Å². The molecule has 1 aromatic carbocycles. The van der Waals surface area contributed by atoms with Crippen LogP contribution in [0.3, 0.4) is 0 Å². The van der Waals surface area contributed by atoms with Crippen LogP contribution in [-0.2, 0) is 6.42 Å². The molecule has 0 fully saturated rings. The van der Waals surface area contributed by atoms with Crippen LogP contribution in [0.15, 0.2) is 47.2 Å². The molecule has 0 saturated heterocycles. The SMILES string of the molecule is OC(Cc1cccnc1)c1cccc(F)c1Br. The Morgan fingerprint density at radius 1 is 1.29 bits per heavy atom. The summed E-state index contributed by atoms with van der Waals surface area (Å²) in [6.45, 7) is 0. The Morgan fingerprint density at radius 2 is 2.12 bits per heavy atom. The molecule has 1 unspecified atom stereocenters. The van der Waals surface area contributed by atoms with Crippen LogP contribution in [0.5, 0.6) is 0 Å². The van der Waals surface area contributed by atoms with Crippen LogP contribution in [0.2, 0.25) is 0 Å². The molecule has 0 aliphatic heterocycles. The number of halogens is 2. The van der Waals surface area contributed by atoms with Crippen LogP contribution in [0.1, 0.15) is 17.2 Å². The number of nitrogens with zero attached hydrogens (tertiary/aromatic N) is 1. The highest BCUT2D eigenvalue weighted by molar-refractivity contribution is 9.10. The number of rotatable bonds is 3. The maximum Gasteiger partial charge on any atom is 0.137 e. The molecular formula is C13H11BrFNO. The van der Waals surface area contributed by atoms with Gasteiger partial charge >= 0.3 is 0 Å². The van der Waals surface area contributed by atoms with E-state index in [2.05, 4.69) is 20.9 Å². The van der Waals surface area contributed by atoms with Crippen LogP contribution in [0.4, 0.5) is 4.39 Å². The molecule has 1 N–H and O–H groups in total. The van der Waals surface area contributed by atoms with Gasteiger partial charge in [0.15, 0.2) is 0 Å². The van der Waals surface area contributed by atoms with Crippen molar-refractivity contribution in [2.24, 2.45) is 0 Å². The first-order chi connectivity index (χ1) is 8.18. The molecule has 4 heteroatoms. The zero-order chi connectivity index (χ0) is 12.3. The molecule has 2 nitrogen and oxygen atoms in total. The van der Waals surface area contributed by atoms with E-state index in [1.807, 2.05) is 12.1 Å². The third kappa shape index (κ3) is 2.90. The fourth-order valence-corrected chi connectivity index (χ4v) is 2.16. The van der Waals surface area contributed by atoms with Gasteiger partial charge in [-0.3, -0.25) is 4.98 Å². The fraction of sp³-hybridized carbons (Fsp3) is 0.154. The van der Waals surface area contributed by atoms with E-state index in [9.17, 15) is 9.50 Å². The Balaban J connectivity index is 2.20. The summed E-state index contributed by atoms with van der Waals surface area (Å²) in [6.07, 6.45) is 3.03. The van der Waals surface area contributed by atoms with E-state index < -0.39 is 6.10 Å². The molecule has 17 heavy (non-hydrogen) atoms. The van der Waals surface area contributed by atoms with E-state index in [0.29, 0.717) is 16.5 Å². The van der Waals surface area contributed by atoms with E-state index in [-0.39, 0.29) is 5.82 Å². The van der Waals surface area contributed by atoms with Crippen LogP contribution in [0, 0.1) is 5.82 Å². The second kappa shape index (κ2) is 5.38. The lowest BCUT2D eigenvalue weighted by Gasteiger charge is -2.13. The maximum absolute atomic E-state index is 13.3. The minimum atomic E-state index is -0.746. The molecule has 0 spiro atoms. The van der Waals surface area contributed by atoms with E-state index in [1.165, 1.54) is 6.07 Å². The zero-order valence-corrected chi connectivity index (χ0v) is 10.6. The molecule has 2 rings (SSSR count). The first-order valence-corrected chi connectivity index (χ1v) is 5.98. The summed E-state index contributed by atoms with van der Waals surface area (Å²) < 4.78 is 13.6. The monoisotopic (exact) mass is 295 g/mol. The van der Waals surface area contributed by atoms with Crippen molar-refractivity contribution in [1.29, 1.82) is 0 Å². The molecular weight excluding hydrogens is 285 g/mol. The Labute approximate surface area is 107 Å². The molecule has 0 saturated carbocycles. The van der Waals surface area contributed by atoms with Crippen LogP contribution in [-0.4, -0.2) is 10.1 Å². The molecule has 0 bridgehead atoms. The van der Waals surface area contributed by atoms with Gasteiger partial charge in [-0.15, -0.1) is 0 Å². The van der Waals surface area contributed by atoms with E-state index >= 15 is 0 Å². The van der Waals surface area contributed by atoms with Crippen molar-refractivity contribution in [3.05, 3.63) is 64.1 Å². The Kier molecular flexibility index (Phi) is 3.86.